The highest BCUT2D eigenvalue weighted by Gasteiger charge is 2.24. The Hall–Kier alpha value is -3.82. The summed E-state index contributed by atoms with van der Waals surface area (Å²) in [7, 11) is 4.21. The summed E-state index contributed by atoms with van der Waals surface area (Å²) in [6, 6.07) is 16.2. The fourth-order valence-electron chi connectivity index (χ4n) is 4.05. The molecule has 2 aliphatic heterocycles. The Balaban J connectivity index is 1.30. The third-order valence-corrected chi connectivity index (χ3v) is 6.14. The van der Waals surface area contributed by atoms with Crippen LogP contribution in [-0.4, -0.2) is 61.8 Å². The van der Waals surface area contributed by atoms with Crippen LogP contribution in [0.15, 0.2) is 77.6 Å². The first-order valence-corrected chi connectivity index (χ1v) is 11.6. The van der Waals surface area contributed by atoms with Crippen LogP contribution in [0, 0.1) is 11.8 Å². The Morgan fingerprint density at radius 2 is 1.71 bits per heavy atom. The van der Waals surface area contributed by atoms with Crippen LogP contribution in [0.2, 0.25) is 0 Å². The van der Waals surface area contributed by atoms with Crippen LogP contribution in [0.1, 0.15) is 34.3 Å². The van der Waals surface area contributed by atoms with Crippen molar-refractivity contribution in [1.29, 1.82) is 0 Å². The van der Waals surface area contributed by atoms with Crippen molar-refractivity contribution < 1.29 is 4.79 Å². The van der Waals surface area contributed by atoms with Crippen LogP contribution < -0.4 is 10.6 Å². The number of aliphatic imine (C=N–C) groups is 1. The molecule has 0 bridgehead atoms. The van der Waals surface area contributed by atoms with Gasteiger partial charge < -0.3 is 20.4 Å². The summed E-state index contributed by atoms with van der Waals surface area (Å²) in [5.74, 6) is 6.49. The van der Waals surface area contributed by atoms with Gasteiger partial charge in [-0.3, -0.25) is 4.79 Å². The van der Waals surface area contributed by atoms with Crippen molar-refractivity contribution in [3.63, 3.8) is 0 Å². The van der Waals surface area contributed by atoms with E-state index in [4.69, 9.17) is 0 Å². The van der Waals surface area contributed by atoms with Gasteiger partial charge in [0.1, 0.15) is 0 Å². The number of nitrogens with one attached hydrogen (secondary N) is 2. The second-order valence-corrected chi connectivity index (χ2v) is 8.81. The zero-order valence-corrected chi connectivity index (χ0v) is 19.8. The summed E-state index contributed by atoms with van der Waals surface area (Å²) in [6.07, 6.45) is 5.61. The first kappa shape index (κ1) is 23.3. The third kappa shape index (κ3) is 6.15. The lowest BCUT2D eigenvalue weighted by Gasteiger charge is -2.35. The van der Waals surface area contributed by atoms with Crippen LogP contribution >= 0.6 is 0 Å². The zero-order valence-electron chi connectivity index (χ0n) is 19.8. The van der Waals surface area contributed by atoms with Gasteiger partial charge >= 0.3 is 0 Å². The molecule has 4 rings (SSSR count). The molecule has 0 atom stereocenters. The summed E-state index contributed by atoms with van der Waals surface area (Å²) in [5.41, 5.74) is 5.30. The van der Waals surface area contributed by atoms with Gasteiger partial charge in [0.05, 0.1) is 18.6 Å². The molecule has 0 saturated carbocycles. The highest BCUT2D eigenvalue weighted by Crippen LogP contribution is 2.17. The highest BCUT2D eigenvalue weighted by atomic mass is 16.2. The first-order valence-electron chi connectivity index (χ1n) is 11.6. The molecule has 2 N–H and O–H groups in total. The Bertz CT molecular complexity index is 1140. The van der Waals surface area contributed by atoms with Gasteiger partial charge in [-0.1, -0.05) is 18.4 Å². The van der Waals surface area contributed by atoms with E-state index in [1.807, 2.05) is 59.5 Å². The lowest BCUT2D eigenvalue weighted by atomic mass is 10.0. The number of nitrogens with zero attached hydrogens (tertiary/aromatic N) is 3. The molecule has 1 amide bonds. The van der Waals surface area contributed by atoms with Crippen molar-refractivity contribution in [3.8, 4) is 11.8 Å². The van der Waals surface area contributed by atoms with E-state index in [0.29, 0.717) is 12.6 Å². The zero-order chi connectivity index (χ0) is 23.9. The fourth-order valence-corrected chi connectivity index (χ4v) is 4.05. The Labute approximate surface area is 202 Å². The van der Waals surface area contributed by atoms with Gasteiger partial charge in [0.2, 0.25) is 0 Å². The number of amides is 1. The van der Waals surface area contributed by atoms with E-state index in [0.717, 1.165) is 59.7 Å². The van der Waals surface area contributed by atoms with Crippen molar-refractivity contribution in [2.75, 3.05) is 39.0 Å². The number of hydrogen-bond acceptors (Lipinski definition) is 5. The molecule has 2 aliphatic rings. The molecule has 2 heterocycles. The van der Waals surface area contributed by atoms with E-state index in [1.54, 1.807) is 6.34 Å². The minimum atomic E-state index is 0.107. The molecule has 0 aromatic heterocycles. The largest absolute Gasteiger partial charge is 0.379 e. The standard InChI is InChI=1S/C28H31N5O/c1-21-18-26(31-20-30-21)19-29-25-12-8-23(9-13-25)5-4-22-6-10-24(11-7-22)28(34)33-16-14-27(15-17-33)32(2)3/h6-13,18,20,27,29H,1,14-17,19H2,2-3H3,(H,30,31). The monoisotopic (exact) mass is 453 g/mol. The maximum absolute atomic E-state index is 12.8. The third-order valence-electron chi connectivity index (χ3n) is 6.14. The molecule has 2 aromatic carbocycles. The molecular formula is C28H31N5O. The molecule has 2 aromatic rings. The predicted molar refractivity (Wildman–Crippen MR) is 139 cm³/mol. The number of rotatable bonds is 5. The minimum Gasteiger partial charge on any atom is -0.379 e. The Kier molecular flexibility index (Phi) is 7.46. The second-order valence-electron chi connectivity index (χ2n) is 8.81. The SMILES string of the molecule is C=C1C=C(CNc2ccc(C#Cc3ccc(C(=O)N4CCC(N(C)C)CC4)cc3)cc2)N=CN1. The molecule has 1 fully saturated rings. The number of anilines is 1. The second kappa shape index (κ2) is 10.9. The lowest BCUT2D eigenvalue weighted by Crippen LogP contribution is -2.44. The van der Waals surface area contributed by atoms with E-state index in [1.165, 1.54) is 0 Å². The van der Waals surface area contributed by atoms with Crippen LogP contribution in [-0.2, 0) is 0 Å². The van der Waals surface area contributed by atoms with Gasteiger partial charge in [-0.25, -0.2) is 4.99 Å². The number of likely N-dealkylation sites (tertiary alicyclic amines) is 1. The smallest absolute Gasteiger partial charge is 0.253 e. The topological polar surface area (TPSA) is 60.0 Å². The number of allylic oxidation sites excluding steroid dienone is 1. The Morgan fingerprint density at radius 1 is 1.09 bits per heavy atom. The van der Waals surface area contributed by atoms with Crippen LogP contribution in [0.25, 0.3) is 0 Å². The molecule has 0 spiro atoms. The maximum Gasteiger partial charge on any atom is 0.253 e. The van der Waals surface area contributed by atoms with Crippen LogP contribution in [0.3, 0.4) is 0 Å². The van der Waals surface area contributed by atoms with E-state index in [-0.39, 0.29) is 5.91 Å². The number of benzene rings is 2. The van der Waals surface area contributed by atoms with Crippen molar-refractivity contribution in [1.82, 2.24) is 15.1 Å². The molecule has 0 unspecified atom stereocenters. The summed E-state index contributed by atoms with van der Waals surface area (Å²) < 4.78 is 0. The molecule has 1 saturated heterocycles. The van der Waals surface area contributed by atoms with Crippen molar-refractivity contribution in [2.45, 2.75) is 18.9 Å². The van der Waals surface area contributed by atoms with Gasteiger partial charge in [0.15, 0.2) is 0 Å². The van der Waals surface area contributed by atoms with Crippen molar-refractivity contribution >= 4 is 17.9 Å². The summed E-state index contributed by atoms with van der Waals surface area (Å²) in [5, 5.41) is 6.30. The minimum absolute atomic E-state index is 0.107. The molecule has 174 valence electrons. The van der Waals surface area contributed by atoms with Gasteiger partial charge in [0, 0.05) is 47.2 Å². The summed E-state index contributed by atoms with van der Waals surface area (Å²) in [4.78, 5) is 21.3. The van der Waals surface area contributed by atoms with Crippen molar-refractivity contribution in [3.05, 3.63) is 89.3 Å². The van der Waals surface area contributed by atoms with Gasteiger partial charge in [-0.2, -0.15) is 0 Å². The molecule has 34 heavy (non-hydrogen) atoms. The average Bonchev–Trinajstić information content (AvgIpc) is 2.87. The highest BCUT2D eigenvalue weighted by molar-refractivity contribution is 5.94. The average molecular weight is 454 g/mol. The Morgan fingerprint density at radius 3 is 2.29 bits per heavy atom. The number of carbonyl (C=O) groups is 1. The molecule has 6 heteroatoms. The van der Waals surface area contributed by atoms with E-state index >= 15 is 0 Å². The summed E-state index contributed by atoms with van der Waals surface area (Å²) in [6.45, 7) is 6.12. The van der Waals surface area contributed by atoms with E-state index in [2.05, 4.69) is 53.0 Å². The van der Waals surface area contributed by atoms with E-state index in [9.17, 15) is 4.79 Å². The lowest BCUT2D eigenvalue weighted by molar-refractivity contribution is 0.0663. The predicted octanol–water partition coefficient (Wildman–Crippen LogP) is 3.69. The van der Waals surface area contributed by atoms with Crippen LogP contribution in [0.5, 0.6) is 0 Å². The van der Waals surface area contributed by atoms with Gasteiger partial charge in [-0.15, -0.1) is 0 Å². The summed E-state index contributed by atoms with van der Waals surface area (Å²) >= 11 is 0. The molecule has 6 nitrogen and oxygen atoms in total. The molecule has 0 radical (unpaired) electrons. The van der Waals surface area contributed by atoms with E-state index < -0.39 is 0 Å². The normalized spacial score (nSPS) is 15.9. The quantitative estimate of drug-likeness (QED) is 0.678. The number of hydrogen-bond donors (Lipinski definition) is 2. The maximum atomic E-state index is 12.8. The fraction of sp³-hybridized carbons (Fsp3) is 0.286. The van der Waals surface area contributed by atoms with Gasteiger partial charge in [-0.05, 0) is 81.5 Å². The molecular weight excluding hydrogens is 422 g/mol. The van der Waals surface area contributed by atoms with Crippen molar-refractivity contribution in [2.24, 2.45) is 4.99 Å². The number of piperidine rings is 1. The van der Waals surface area contributed by atoms with Crippen LogP contribution in [0.4, 0.5) is 5.69 Å². The first-order chi connectivity index (χ1) is 16.5. The molecule has 0 aliphatic carbocycles. The number of carbonyl (C=O) groups excluding carboxylic acids is 1. The van der Waals surface area contributed by atoms with Gasteiger partial charge in [0.25, 0.3) is 5.91 Å².